The van der Waals surface area contributed by atoms with Crippen LogP contribution >= 0.6 is 0 Å². The summed E-state index contributed by atoms with van der Waals surface area (Å²) in [4.78, 5) is 15.4. The molecule has 0 spiro atoms. The molecule has 0 aliphatic carbocycles. The van der Waals surface area contributed by atoms with Crippen molar-refractivity contribution in [3.05, 3.63) is 0 Å². The summed E-state index contributed by atoms with van der Waals surface area (Å²) in [6.45, 7) is 7.13. The number of nitrogens with zero attached hydrogens (tertiary/aromatic N) is 2. The van der Waals surface area contributed by atoms with Crippen molar-refractivity contribution in [2.24, 2.45) is 5.41 Å². The molecule has 3 nitrogen and oxygen atoms in total. The van der Waals surface area contributed by atoms with Crippen LogP contribution in [0.15, 0.2) is 0 Å². The van der Waals surface area contributed by atoms with Crippen LogP contribution in [-0.4, -0.2) is 56.9 Å². The molecular formula is C12H26N2O. The Morgan fingerprint density at radius 3 is 2.20 bits per heavy atom. The molecule has 0 heterocycles. The van der Waals surface area contributed by atoms with Crippen LogP contribution in [-0.2, 0) is 4.79 Å². The average Bonchev–Trinajstić information content (AvgIpc) is 2.17. The highest BCUT2D eigenvalue weighted by atomic mass is 16.1. The fraction of sp³-hybridized carbons (Fsp3) is 0.917. The second-order valence-corrected chi connectivity index (χ2v) is 5.02. The molecule has 1 atom stereocenters. The van der Waals surface area contributed by atoms with E-state index < -0.39 is 0 Å². The number of carbonyl (C=O) groups is 1. The molecule has 3 heteroatoms. The number of rotatable bonds is 8. The van der Waals surface area contributed by atoms with E-state index in [1.54, 1.807) is 0 Å². The minimum Gasteiger partial charge on any atom is -0.309 e. The Balaban J connectivity index is 3.81. The maximum Gasteiger partial charge on any atom is 0.127 e. The maximum atomic E-state index is 10.9. The molecule has 90 valence electrons. The molecule has 0 saturated heterocycles. The predicted octanol–water partition coefficient (Wildman–Crippen LogP) is 1.49. The average molecular weight is 214 g/mol. The molecule has 1 unspecified atom stereocenters. The summed E-state index contributed by atoms with van der Waals surface area (Å²) in [6, 6.07) is 0. The van der Waals surface area contributed by atoms with E-state index in [4.69, 9.17) is 0 Å². The van der Waals surface area contributed by atoms with Crippen molar-refractivity contribution in [3.63, 3.8) is 0 Å². The van der Waals surface area contributed by atoms with Gasteiger partial charge >= 0.3 is 0 Å². The minimum atomic E-state index is -0.174. The summed E-state index contributed by atoms with van der Waals surface area (Å²) in [5, 5.41) is 0. The molecule has 0 aliphatic heterocycles. The molecule has 0 rings (SSSR count). The Bertz CT molecular complexity index is 182. The summed E-state index contributed by atoms with van der Waals surface area (Å²) < 4.78 is 0. The molecule has 0 fully saturated rings. The first-order chi connectivity index (χ1) is 6.93. The van der Waals surface area contributed by atoms with E-state index in [0.717, 1.165) is 38.8 Å². The lowest BCUT2D eigenvalue weighted by Crippen LogP contribution is -2.35. The first kappa shape index (κ1) is 14.6. The second-order valence-electron chi connectivity index (χ2n) is 5.02. The normalized spacial score (nSPS) is 15.7. The monoisotopic (exact) mass is 214 g/mol. The van der Waals surface area contributed by atoms with Gasteiger partial charge < -0.3 is 14.6 Å². The van der Waals surface area contributed by atoms with Crippen molar-refractivity contribution < 1.29 is 4.79 Å². The molecule has 0 aromatic rings. The van der Waals surface area contributed by atoms with Crippen molar-refractivity contribution in [2.45, 2.75) is 26.7 Å². The van der Waals surface area contributed by atoms with E-state index in [0.29, 0.717) is 0 Å². The summed E-state index contributed by atoms with van der Waals surface area (Å²) >= 11 is 0. The number of aldehydes is 1. The van der Waals surface area contributed by atoms with Gasteiger partial charge in [0.2, 0.25) is 0 Å². The molecule has 0 amide bonds. The zero-order valence-corrected chi connectivity index (χ0v) is 10.9. The van der Waals surface area contributed by atoms with Crippen molar-refractivity contribution >= 4 is 6.29 Å². The zero-order valence-electron chi connectivity index (χ0n) is 10.9. The van der Waals surface area contributed by atoms with Gasteiger partial charge in [0.1, 0.15) is 6.29 Å². The van der Waals surface area contributed by atoms with Crippen molar-refractivity contribution in [1.29, 1.82) is 0 Å². The minimum absolute atomic E-state index is 0.174. The highest BCUT2D eigenvalue weighted by Crippen LogP contribution is 2.18. The molecule has 0 N–H and O–H groups in total. The Kier molecular flexibility index (Phi) is 6.77. The second kappa shape index (κ2) is 6.96. The molecule has 0 aromatic carbocycles. The van der Waals surface area contributed by atoms with Gasteiger partial charge in [0, 0.05) is 12.0 Å². The van der Waals surface area contributed by atoms with Gasteiger partial charge in [0.15, 0.2) is 0 Å². The lowest BCUT2D eigenvalue weighted by Gasteiger charge is -2.28. The van der Waals surface area contributed by atoms with Gasteiger partial charge in [0.25, 0.3) is 0 Å². The topological polar surface area (TPSA) is 23.6 Å². The quantitative estimate of drug-likeness (QED) is 0.572. The summed E-state index contributed by atoms with van der Waals surface area (Å²) in [7, 11) is 6.26. The van der Waals surface area contributed by atoms with Crippen LogP contribution in [0.2, 0.25) is 0 Å². The van der Waals surface area contributed by atoms with E-state index in [1.807, 2.05) is 6.92 Å². The number of hydrogen-bond acceptors (Lipinski definition) is 3. The predicted molar refractivity (Wildman–Crippen MR) is 65.1 cm³/mol. The molecule has 15 heavy (non-hydrogen) atoms. The van der Waals surface area contributed by atoms with Crippen LogP contribution < -0.4 is 0 Å². The third kappa shape index (κ3) is 6.63. The van der Waals surface area contributed by atoms with Crippen molar-refractivity contribution in [1.82, 2.24) is 9.80 Å². The highest BCUT2D eigenvalue weighted by Gasteiger charge is 2.22. The van der Waals surface area contributed by atoms with Gasteiger partial charge in [0.05, 0.1) is 0 Å². The van der Waals surface area contributed by atoms with Gasteiger partial charge in [-0.2, -0.15) is 0 Å². The fourth-order valence-corrected chi connectivity index (χ4v) is 1.58. The van der Waals surface area contributed by atoms with E-state index in [-0.39, 0.29) is 5.41 Å². The third-order valence-corrected chi connectivity index (χ3v) is 2.87. The molecule has 0 aromatic heterocycles. The largest absolute Gasteiger partial charge is 0.309 e. The fourth-order valence-electron chi connectivity index (χ4n) is 1.58. The SMILES string of the molecule is CCC(C)(C=O)CN(C)CCCN(C)C. The number of hydrogen-bond donors (Lipinski definition) is 0. The molecule has 0 bridgehead atoms. The van der Waals surface area contributed by atoms with E-state index in [1.165, 1.54) is 0 Å². The van der Waals surface area contributed by atoms with Crippen molar-refractivity contribution in [3.8, 4) is 0 Å². The molecule has 0 aliphatic rings. The van der Waals surface area contributed by atoms with Gasteiger partial charge in [-0.25, -0.2) is 0 Å². The molecule has 0 radical (unpaired) electrons. The zero-order chi connectivity index (χ0) is 11.9. The maximum absolute atomic E-state index is 10.9. The van der Waals surface area contributed by atoms with Crippen molar-refractivity contribution in [2.75, 3.05) is 40.8 Å². The van der Waals surface area contributed by atoms with Crippen LogP contribution in [0.5, 0.6) is 0 Å². The first-order valence-electron chi connectivity index (χ1n) is 5.73. The smallest absolute Gasteiger partial charge is 0.127 e. The molecule has 0 saturated carbocycles. The van der Waals surface area contributed by atoms with Gasteiger partial charge in [-0.1, -0.05) is 13.8 Å². The highest BCUT2D eigenvalue weighted by molar-refractivity contribution is 5.58. The van der Waals surface area contributed by atoms with Crippen LogP contribution in [0.25, 0.3) is 0 Å². The van der Waals surface area contributed by atoms with Gasteiger partial charge in [-0.3, -0.25) is 0 Å². The van der Waals surface area contributed by atoms with Crippen LogP contribution in [0, 0.1) is 5.41 Å². The summed E-state index contributed by atoms with van der Waals surface area (Å²) in [5.41, 5.74) is -0.174. The standard InChI is InChI=1S/C12H26N2O/c1-6-12(2,11-15)10-14(5)9-7-8-13(3)4/h11H,6-10H2,1-5H3. The van der Waals surface area contributed by atoms with E-state index in [9.17, 15) is 4.79 Å². The Morgan fingerprint density at radius 1 is 1.20 bits per heavy atom. The third-order valence-electron chi connectivity index (χ3n) is 2.87. The lowest BCUT2D eigenvalue weighted by atomic mass is 9.89. The van der Waals surface area contributed by atoms with Crippen LogP contribution in [0.1, 0.15) is 26.7 Å². The van der Waals surface area contributed by atoms with Crippen LogP contribution in [0.3, 0.4) is 0 Å². The van der Waals surface area contributed by atoms with Gasteiger partial charge in [-0.05, 0) is 47.1 Å². The number of carbonyl (C=O) groups excluding carboxylic acids is 1. The summed E-state index contributed by atoms with van der Waals surface area (Å²) in [6.07, 6.45) is 3.16. The Labute approximate surface area is 94.4 Å². The Morgan fingerprint density at radius 2 is 1.80 bits per heavy atom. The first-order valence-corrected chi connectivity index (χ1v) is 5.73. The summed E-state index contributed by atoms with van der Waals surface area (Å²) in [5.74, 6) is 0. The van der Waals surface area contributed by atoms with E-state index in [2.05, 4.69) is 37.9 Å². The lowest BCUT2D eigenvalue weighted by molar-refractivity contribution is -0.116. The van der Waals surface area contributed by atoms with E-state index >= 15 is 0 Å². The Hall–Kier alpha value is -0.410. The van der Waals surface area contributed by atoms with Gasteiger partial charge in [-0.15, -0.1) is 0 Å². The van der Waals surface area contributed by atoms with Crippen LogP contribution in [0.4, 0.5) is 0 Å². The molecular weight excluding hydrogens is 188 g/mol.